The number of anilines is 1. The molecule has 1 heterocycles. The van der Waals surface area contributed by atoms with Crippen LogP contribution >= 0.6 is 0 Å². The molecule has 0 bridgehead atoms. The van der Waals surface area contributed by atoms with E-state index in [4.69, 9.17) is 0 Å². The third-order valence-corrected chi connectivity index (χ3v) is 8.57. The van der Waals surface area contributed by atoms with Gasteiger partial charge in [-0.3, -0.25) is 14.8 Å². The van der Waals surface area contributed by atoms with Crippen molar-refractivity contribution in [2.75, 3.05) is 10.5 Å². The topological polar surface area (TPSA) is 139 Å². The van der Waals surface area contributed by atoms with E-state index in [0.717, 1.165) is 28.7 Å². The van der Waals surface area contributed by atoms with Crippen LogP contribution in [-0.4, -0.2) is 37.6 Å². The van der Waals surface area contributed by atoms with Gasteiger partial charge < -0.3 is 0 Å². The van der Waals surface area contributed by atoms with Crippen LogP contribution in [0.5, 0.6) is 0 Å². The van der Waals surface area contributed by atoms with Crippen molar-refractivity contribution in [3.63, 3.8) is 0 Å². The van der Waals surface area contributed by atoms with Gasteiger partial charge in [0.25, 0.3) is 15.7 Å². The highest BCUT2D eigenvalue weighted by atomic mass is 32.2. The average Bonchev–Trinajstić information content (AvgIpc) is 3.31. The summed E-state index contributed by atoms with van der Waals surface area (Å²) in [5, 5.41) is 15.6. The summed E-state index contributed by atoms with van der Waals surface area (Å²) < 4.78 is 67.3. The first-order chi connectivity index (χ1) is 17.0. The van der Waals surface area contributed by atoms with Crippen LogP contribution in [0.3, 0.4) is 0 Å². The second kappa shape index (κ2) is 9.66. The zero-order valence-corrected chi connectivity index (χ0v) is 20.5. The second-order valence-electron chi connectivity index (χ2n) is 7.93. The Balaban J connectivity index is 1.74. The summed E-state index contributed by atoms with van der Waals surface area (Å²) in [6, 6.07) is 15.3. The van der Waals surface area contributed by atoms with E-state index in [0.29, 0.717) is 22.5 Å². The molecule has 0 aromatic heterocycles. The van der Waals surface area contributed by atoms with Crippen LogP contribution in [0.2, 0.25) is 0 Å². The van der Waals surface area contributed by atoms with E-state index in [1.807, 2.05) is 0 Å². The van der Waals surface area contributed by atoms with Crippen molar-refractivity contribution in [3.05, 3.63) is 99.9 Å². The van der Waals surface area contributed by atoms with Crippen LogP contribution in [0.4, 0.5) is 15.8 Å². The Kier molecular flexibility index (Phi) is 6.78. The van der Waals surface area contributed by atoms with E-state index in [2.05, 4.69) is 9.82 Å². The van der Waals surface area contributed by atoms with Gasteiger partial charge in [-0.25, -0.2) is 12.8 Å². The van der Waals surface area contributed by atoms with E-state index in [9.17, 15) is 31.3 Å². The summed E-state index contributed by atoms with van der Waals surface area (Å²) in [4.78, 5) is 10.5. The quantitative estimate of drug-likeness (QED) is 0.343. The molecule has 4 rings (SSSR count). The zero-order chi connectivity index (χ0) is 26.1. The van der Waals surface area contributed by atoms with E-state index >= 15 is 0 Å². The number of nitro groups is 1. The van der Waals surface area contributed by atoms with E-state index in [-0.39, 0.29) is 22.8 Å². The van der Waals surface area contributed by atoms with Crippen LogP contribution in [-0.2, 0) is 20.0 Å². The van der Waals surface area contributed by atoms with Gasteiger partial charge in [0.15, 0.2) is 0 Å². The highest BCUT2D eigenvalue weighted by Gasteiger charge is 2.38. The van der Waals surface area contributed by atoms with Crippen molar-refractivity contribution in [2.45, 2.75) is 24.3 Å². The molecule has 0 saturated heterocycles. The summed E-state index contributed by atoms with van der Waals surface area (Å²) in [7, 11) is -7.72. The minimum atomic E-state index is -4.24. The van der Waals surface area contributed by atoms with Crippen molar-refractivity contribution >= 4 is 37.1 Å². The molecule has 0 radical (unpaired) electrons. The fourth-order valence-corrected chi connectivity index (χ4v) is 5.75. The van der Waals surface area contributed by atoms with Crippen molar-refractivity contribution in [3.8, 4) is 0 Å². The predicted molar refractivity (Wildman–Crippen MR) is 132 cm³/mol. The number of sulfonamides is 2. The minimum Gasteiger partial charge on any atom is -0.284 e. The Morgan fingerprint density at radius 2 is 1.72 bits per heavy atom. The van der Waals surface area contributed by atoms with Gasteiger partial charge >= 0.3 is 0 Å². The lowest BCUT2D eigenvalue weighted by molar-refractivity contribution is -0.384. The lowest BCUT2D eigenvalue weighted by atomic mass is 9.99. The molecule has 10 nitrogen and oxygen atoms in total. The summed E-state index contributed by atoms with van der Waals surface area (Å²) in [5.74, 6) is -0.698. The molecular weight excluding hydrogens is 511 g/mol. The number of non-ortho nitro benzene ring substituents is 1. The number of hydrogen-bond donors (Lipinski definition) is 1. The van der Waals surface area contributed by atoms with Crippen LogP contribution in [0.15, 0.2) is 82.8 Å². The van der Waals surface area contributed by atoms with Crippen LogP contribution in [0.25, 0.3) is 0 Å². The molecule has 13 heteroatoms. The number of nitrogens with one attached hydrogen (secondary N) is 1. The van der Waals surface area contributed by atoms with Crippen molar-refractivity contribution in [2.24, 2.45) is 5.10 Å². The summed E-state index contributed by atoms with van der Waals surface area (Å²) >= 11 is 0. The molecule has 3 aromatic rings. The minimum absolute atomic E-state index is 0.0947. The number of hydrogen-bond acceptors (Lipinski definition) is 7. The fraction of sp³-hybridized carbons (Fsp3) is 0.174. The van der Waals surface area contributed by atoms with E-state index < -0.39 is 36.8 Å². The Bertz CT molecular complexity index is 1540. The number of nitrogens with zero attached hydrogens (tertiary/aromatic N) is 3. The number of hydrazone groups is 1. The molecule has 0 aliphatic carbocycles. The summed E-state index contributed by atoms with van der Waals surface area (Å²) in [6.45, 7) is 1.51. The third kappa shape index (κ3) is 5.21. The van der Waals surface area contributed by atoms with Crippen molar-refractivity contribution < 1.29 is 26.1 Å². The maximum absolute atomic E-state index is 13.5. The van der Waals surface area contributed by atoms with Gasteiger partial charge in [-0.15, -0.1) is 0 Å². The van der Waals surface area contributed by atoms with Crippen LogP contribution in [0.1, 0.15) is 30.5 Å². The zero-order valence-electron chi connectivity index (χ0n) is 18.9. The van der Waals surface area contributed by atoms with Gasteiger partial charge in [0.2, 0.25) is 10.0 Å². The van der Waals surface area contributed by atoms with Gasteiger partial charge in [0.1, 0.15) is 5.82 Å². The van der Waals surface area contributed by atoms with Crippen molar-refractivity contribution in [1.82, 2.24) is 4.41 Å². The maximum Gasteiger partial charge on any atom is 0.279 e. The second-order valence-corrected chi connectivity index (χ2v) is 11.7. The standard InChI is InChI=1S/C23H21FN4O6S2/c1-2-35(31,32)26-19-10-6-16(7-11-19)22-15-23(17-4-3-5-20(14-17)28(29)30)27(25-22)36(33,34)21-12-8-18(24)9-13-21/h3-14,23,26H,2,15H2,1H3/t23-/m0/s1. The molecule has 3 aromatic carbocycles. The molecule has 0 saturated carbocycles. The smallest absolute Gasteiger partial charge is 0.279 e. The van der Waals surface area contributed by atoms with Gasteiger partial charge in [-0.1, -0.05) is 24.3 Å². The Labute approximate surface area is 207 Å². The Morgan fingerprint density at radius 1 is 1.06 bits per heavy atom. The Morgan fingerprint density at radius 3 is 2.33 bits per heavy atom. The molecule has 0 spiro atoms. The van der Waals surface area contributed by atoms with Crippen molar-refractivity contribution in [1.29, 1.82) is 0 Å². The molecule has 1 N–H and O–H groups in total. The largest absolute Gasteiger partial charge is 0.284 e. The Hall–Kier alpha value is -3.84. The maximum atomic E-state index is 13.5. The first-order valence-corrected chi connectivity index (χ1v) is 13.8. The number of benzene rings is 3. The van der Waals surface area contributed by atoms with Gasteiger partial charge in [-0.05, 0) is 54.4 Å². The number of nitro benzene ring substituents is 1. The molecule has 0 fully saturated rings. The molecule has 0 unspecified atom stereocenters. The first kappa shape index (κ1) is 25.3. The molecule has 188 valence electrons. The molecule has 1 aliphatic heterocycles. The van der Waals surface area contributed by atoms with E-state index in [1.54, 1.807) is 18.2 Å². The molecule has 36 heavy (non-hydrogen) atoms. The molecule has 1 atom stereocenters. The number of halogens is 1. The molecular formula is C23H21FN4O6S2. The highest BCUT2D eigenvalue weighted by molar-refractivity contribution is 7.92. The normalized spacial score (nSPS) is 16.0. The predicted octanol–water partition coefficient (Wildman–Crippen LogP) is 4.04. The fourth-order valence-electron chi connectivity index (χ4n) is 3.68. The highest BCUT2D eigenvalue weighted by Crippen LogP contribution is 2.38. The van der Waals surface area contributed by atoms with Gasteiger partial charge in [-0.2, -0.15) is 17.9 Å². The average molecular weight is 533 g/mol. The molecule has 0 amide bonds. The lowest BCUT2D eigenvalue weighted by Crippen LogP contribution is -2.27. The van der Waals surface area contributed by atoms with Gasteiger partial charge in [0, 0.05) is 24.2 Å². The molecule has 1 aliphatic rings. The van der Waals surface area contributed by atoms with E-state index in [1.165, 1.54) is 37.3 Å². The third-order valence-electron chi connectivity index (χ3n) is 5.57. The summed E-state index contributed by atoms with van der Waals surface area (Å²) in [5.41, 5.74) is 1.42. The van der Waals surface area contributed by atoms with Crippen LogP contribution in [0, 0.1) is 15.9 Å². The lowest BCUT2D eigenvalue weighted by Gasteiger charge is -2.23. The summed E-state index contributed by atoms with van der Waals surface area (Å²) in [6.07, 6.45) is 0.0988. The monoisotopic (exact) mass is 532 g/mol. The number of rotatable bonds is 8. The van der Waals surface area contributed by atoms with Gasteiger partial charge in [0.05, 0.1) is 27.3 Å². The SMILES string of the molecule is CCS(=O)(=O)Nc1ccc(C2=NN(S(=O)(=O)c3ccc(F)cc3)[C@H](c3cccc([N+](=O)[O-])c3)C2)cc1. The van der Waals surface area contributed by atoms with Crippen LogP contribution < -0.4 is 4.72 Å². The first-order valence-electron chi connectivity index (χ1n) is 10.7.